The number of nitrogens with zero attached hydrogens (tertiary/aromatic N) is 1. The highest BCUT2D eigenvalue weighted by Crippen LogP contribution is 2.26. The van der Waals surface area contributed by atoms with E-state index in [1.807, 2.05) is 0 Å². The van der Waals surface area contributed by atoms with E-state index in [1.165, 1.54) is 7.11 Å². The van der Waals surface area contributed by atoms with Crippen LogP contribution < -0.4 is 5.32 Å². The van der Waals surface area contributed by atoms with Gasteiger partial charge in [0.15, 0.2) is 16.8 Å². The van der Waals surface area contributed by atoms with Gasteiger partial charge in [0.05, 0.1) is 19.2 Å². The number of methoxy groups -OCH3 is 1. The molecule has 0 unspecified atom stereocenters. The Morgan fingerprint density at radius 1 is 1.35 bits per heavy atom. The molecule has 0 atom stereocenters. The Morgan fingerprint density at radius 3 is 2.60 bits per heavy atom. The molecule has 1 aromatic heterocycles. The number of halogens is 3. The van der Waals surface area contributed by atoms with Crippen molar-refractivity contribution < 1.29 is 22.7 Å². The summed E-state index contributed by atoms with van der Waals surface area (Å²) in [5, 5.41) is 4.16. The molecular weight excluding hydrogens is 293 g/mol. The van der Waals surface area contributed by atoms with Crippen LogP contribution in [0.5, 0.6) is 0 Å². The van der Waals surface area contributed by atoms with Crippen molar-refractivity contribution >= 4 is 28.1 Å². The third-order valence-corrected chi connectivity index (χ3v) is 3.15. The summed E-state index contributed by atoms with van der Waals surface area (Å²) < 4.78 is 44.1. The largest absolute Gasteiger partial charge is 0.469 e. The van der Waals surface area contributed by atoms with E-state index in [1.54, 1.807) is 5.38 Å². The third-order valence-electron chi connectivity index (χ3n) is 2.34. The molecule has 2 aromatic rings. The van der Waals surface area contributed by atoms with Gasteiger partial charge < -0.3 is 10.1 Å². The average molecular weight is 302 g/mol. The molecule has 0 fully saturated rings. The normalized spacial score (nSPS) is 10.4. The first kappa shape index (κ1) is 14.3. The van der Waals surface area contributed by atoms with Crippen molar-refractivity contribution in [2.24, 2.45) is 0 Å². The highest BCUT2D eigenvalue weighted by molar-refractivity contribution is 7.13. The third kappa shape index (κ3) is 3.27. The zero-order chi connectivity index (χ0) is 14.7. The van der Waals surface area contributed by atoms with Crippen molar-refractivity contribution in [3.63, 3.8) is 0 Å². The average Bonchev–Trinajstić information content (AvgIpc) is 2.81. The predicted molar refractivity (Wildman–Crippen MR) is 67.4 cm³/mol. The van der Waals surface area contributed by atoms with E-state index in [4.69, 9.17) is 0 Å². The lowest BCUT2D eigenvalue weighted by atomic mass is 10.3. The smallest absolute Gasteiger partial charge is 0.311 e. The van der Waals surface area contributed by atoms with Crippen LogP contribution in [0.1, 0.15) is 5.69 Å². The molecule has 0 radical (unpaired) electrons. The molecule has 8 heteroatoms. The van der Waals surface area contributed by atoms with Gasteiger partial charge in [-0.2, -0.15) is 0 Å². The quantitative estimate of drug-likeness (QED) is 0.882. The molecule has 2 rings (SSSR count). The molecule has 0 aliphatic carbocycles. The molecule has 0 aliphatic heterocycles. The molecule has 1 N–H and O–H groups in total. The van der Waals surface area contributed by atoms with Crippen LogP contribution in [-0.4, -0.2) is 18.1 Å². The Balaban J connectivity index is 2.17. The number of anilines is 2. The SMILES string of the molecule is COC(=O)Cc1csc(Nc2c(F)cc(F)cc2F)n1. The van der Waals surface area contributed by atoms with Crippen molar-refractivity contribution in [3.8, 4) is 0 Å². The summed E-state index contributed by atoms with van der Waals surface area (Å²) in [5.74, 6) is -3.60. The van der Waals surface area contributed by atoms with E-state index in [0.29, 0.717) is 17.8 Å². The van der Waals surface area contributed by atoms with E-state index in [0.717, 1.165) is 11.3 Å². The van der Waals surface area contributed by atoms with Crippen LogP contribution in [0.25, 0.3) is 0 Å². The monoisotopic (exact) mass is 302 g/mol. The lowest BCUT2D eigenvalue weighted by Crippen LogP contribution is -2.05. The van der Waals surface area contributed by atoms with Crippen LogP contribution in [0.3, 0.4) is 0 Å². The van der Waals surface area contributed by atoms with Crippen LogP contribution in [0.2, 0.25) is 0 Å². The minimum atomic E-state index is -1.06. The fourth-order valence-electron chi connectivity index (χ4n) is 1.43. The number of nitrogens with one attached hydrogen (secondary N) is 1. The minimum absolute atomic E-state index is 0.0386. The van der Waals surface area contributed by atoms with Gasteiger partial charge >= 0.3 is 5.97 Å². The fourth-order valence-corrected chi connectivity index (χ4v) is 2.15. The molecule has 0 saturated carbocycles. The van der Waals surface area contributed by atoms with Crippen LogP contribution in [-0.2, 0) is 16.0 Å². The lowest BCUT2D eigenvalue weighted by molar-refractivity contribution is -0.139. The van der Waals surface area contributed by atoms with E-state index in [2.05, 4.69) is 15.0 Å². The first-order valence-corrected chi connectivity index (χ1v) is 6.30. The second-order valence-corrected chi connectivity index (χ2v) is 4.62. The van der Waals surface area contributed by atoms with E-state index < -0.39 is 29.1 Å². The minimum Gasteiger partial charge on any atom is -0.469 e. The van der Waals surface area contributed by atoms with E-state index in [-0.39, 0.29) is 11.6 Å². The maximum atomic E-state index is 13.4. The molecule has 0 saturated heterocycles. The van der Waals surface area contributed by atoms with E-state index >= 15 is 0 Å². The number of aromatic nitrogens is 1. The van der Waals surface area contributed by atoms with Gasteiger partial charge in [0.1, 0.15) is 11.5 Å². The number of carbonyl (C=O) groups is 1. The van der Waals surface area contributed by atoms with Gasteiger partial charge in [-0.25, -0.2) is 18.2 Å². The van der Waals surface area contributed by atoms with Crippen molar-refractivity contribution in [2.45, 2.75) is 6.42 Å². The molecule has 20 heavy (non-hydrogen) atoms. The number of benzene rings is 1. The Hall–Kier alpha value is -2.09. The van der Waals surface area contributed by atoms with Crippen LogP contribution in [0, 0.1) is 17.5 Å². The van der Waals surface area contributed by atoms with Crippen molar-refractivity contribution in [1.29, 1.82) is 0 Å². The first-order chi connectivity index (χ1) is 9.49. The summed E-state index contributed by atoms with van der Waals surface area (Å²) in [6, 6.07) is 1.13. The van der Waals surface area contributed by atoms with Gasteiger partial charge in [-0.05, 0) is 0 Å². The number of carbonyl (C=O) groups excluding carboxylic acids is 1. The standard InChI is InChI=1S/C12H9F3N2O2S/c1-19-10(18)4-7-5-20-12(16-7)17-11-8(14)2-6(13)3-9(11)15/h2-3,5H,4H2,1H3,(H,16,17). The number of rotatable bonds is 4. The summed E-state index contributed by atoms with van der Waals surface area (Å²) in [7, 11) is 1.25. The van der Waals surface area contributed by atoms with Gasteiger partial charge in [-0.1, -0.05) is 0 Å². The van der Waals surface area contributed by atoms with Gasteiger partial charge in [-0.3, -0.25) is 4.79 Å². The maximum absolute atomic E-state index is 13.4. The maximum Gasteiger partial charge on any atom is 0.311 e. The molecule has 0 bridgehead atoms. The predicted octanol–water partition coefficient (Wildman–Crippen LogP) is 3.02. The Bertz CT molecular complexity index is 622. The topological polar surface area (TPSA) is 51.2 Å². The molecule has 1 heterocycles. The van der Waals surface area contributed by atoms with E-state index in [9.17, 15) is 18.0 Å². The number of hydrogen-bond donors (Lipinski definition) is 1. The summed E-state index contributed by atoms with van der Waals surface area (Å²) in [6.07, 6.45) is -0.0386. The van der Waals surface area contributed by atoms with Gasteiger partial charge in [-0.15, -0.1) is 11.3 Å². The molecule has 0 aliphatic rings. The Kier molecular flexibility index (Phi) is 4.23. The molecule has 0 amide bonds. The number of hydrogen-bond acceptors (Lipinski definition) is 5. The molecular formula is C12H9F3N2O2S. The van der Waals surface area contributed by atoms with Crippen LogP contribution in [0.4, 0.5) is 24.0 Å². The van der Waals surface area contributed by atoms with Crippen LogP contribution in [0.15, 0.2) is 17.5 Å². The van der Waals surface area contributed by atoms with Gasteiger partial charge in [0.2, 0.25) is 0 Å². The highest BCUT2D eigenvalue weighted by atomic mass is 32.1. The number of thiazole rings is 1. The van der Waals surface area contributed by atoms with Crippen LogP contribution >= 0.6 is 11.3 Å². The zero-order valence-electron chi connectivity index (χ0n) is 10.2. The summed E-state index contributed by atoms with van der Waals surface area (Å²) >= 11 is 1.06. The number of ether oxygens (including phenoxy) is 1. The molecule has 106 valence electrons. The van der Waals surface area contributed by atoms with Crippen molar-refractivity contribution in [1.82, 2.24) is 4.98 Å². The molecule has 1 aromatic carbocycles. The second-order valence-electron chi connectivity index (χ2n) is 3.77. The van der Waals surface area contributed by atoms with Gasteiger partial charge in [0.25, 0.3) is 0 Å². The zero-order valence-corrected chi connectivity index (χ0v) is 11.1. The highest BCUT2D eigenvalue weighted by Gasteiger charge is 2.14. The number of esters is 1. The molecule has 4 nitrogen and oxygen atoms in total. The lowest BCUT2D eigenvalue weighted by Gasteiger charge is -2.05. The summed E-state index contributed by atoms with van der Waals surface area (Å²) in [4.78, 5) is 15.0. The Labute approximate surface area is 116 Å². The van der Waals surface area contributed by atoms with Crippen molar-refractivity contribution in [3.05, 3.63) is 40.7 Å². The Morgan fingerprint density at radius 2 is 2.00 bits per heavy atom. The second kappa shape index (κ2) is 5.91. The molecule has 0 spiro atoms. The summed E-state index contributed by atoms with van der Waals surface area (Å²) in [5.41, 5.74) is -0.0855. The summed E-state index contributed by atoms with van der Waals surface area (Å²) in [6.45, 7) is 0. The first-order valence-electron chi connectivity index (χ1n) is 5.42. The van der Waals surface area contributed by atoms with Gasteiger partial charge in [0, 0.05) is 17.5 Å². The fraction of sp³-hybridized carbons (Fsp3) is 0.167. The van der Waals surface area contributed by atoms with Crippen molar-refractivity contribution in [2.75, 3.05) is 12.4 Å².